The largest absolute Gasteiger partial charge is 0.490 e. The van der Waals surface area contributed by atoms with Gasteiger partial charge in [0.15, 0.2) is 0 Å². The van der Waals surface area contributed by atoms with Gasteiger partial charge in [0, 0.05) is 17.7 Å². The maximum atomic E-state index is 11.6. The Hall–Kier alpha value is -2.90. The van der Waals surface area contributed by atoms with Crippen LogP contribution in [0.5, 0.6) is 11.6 Å². The lowest BCUT2D eigenvalue weighted by molar-refractivity contribution is -0.384. The van der Waals surface area contributed by atoms with Crippen LogP contribution in [0.2, 0.25) is 0 Å². The molecule has 98 valence electrons. The van der Waals surface area contributed by atoms with Gasteiger partial charge in [-0.1, -0.05) is 0 Å². The number of nitrogens with one attached hydrogen (secondary N) is 1. The molecule has 2 aromatic rings. The summed E-state index contributed by atoms with van der Waals surface area (Å²) in [5.41, 5.74) is -0.284. The average molecular weight is 263 g/mol. The number of hydrogen-bond donors (Lipinski definition) is 2. The normalized spacial score (nSPS) is 10.2. The van der Waals surface area contributed by atoms with Crippen LogP contribution in [0.4, 0.5) is 5.69 Å². The van der Waals surface area contributed by atoms with E-state index in [9.17, 15) is 20.0 Å². The highest BCUT2D eigenvalue weighted by Gasteiger charge is 2.13. The summed E-state index contributed by atoms with van der Waals surface area (Å²) in [7, 11) is 1.23. The smallest absolute Gasteiger partial charge is 0.297 e. The molecule has 0 saturated carbocycles. The molecule has 0 aliphatic carbocycles. The summed E-state index contributed by atoms with van der Waals surface area (Å²) in [4.78, 5) is 27.7. The highest BCUT2D eigenvalue weighted by Crippen LogP contribution is 2.23. The maximum absolute atomic E-state index is 11.6. The second-order valence-electron chi connectivity index (χ2n) is 3.58. The monoisotopic (exact) mass is 263 g/mol. The first-order chi connectivity index (χ1) is 9.02. The highest BCUT2D eigenvalue weighted by atomic mass is 16.6. The maximum Gasteiger partial charge on any atom is 0.297 e. The summed E-state index contributed by atoms with van der Waals surface area (Å²) in [5, 5.41) is 20.0. The fourth-order valence-electron chi connectivity index (χ4n) is 1.51. The van der Waals surface area contributed by atoms with Crippen molar-refractivity contribution in [3.8, 4) is 23.0 Å². The van der Waals surface area contributed by atoms with Crippen molar-refractivity contribution in [1.29, 1.82) is 0 Å². The number of methoxy groups -OCH3 is 1. The Kier molecular flexibility index (Phi) is 3.15. The van der Waals surface area contributed by atoms with Crippen LogP contribution in [-0.2, 0) is 0 Å². The number of nitro groups is 1. The number of rotatable bonds is 3. The van der Waals surface area contributed by atoms with Crippen molar-refractivity contribution >= 4 is 5.69 Å². The molecule has 0 radical (unpaired) electrons. The molecular formula is C11H9N3O5. The summed E-state index contributed by atoms with van der Waals surface area (Å²) in [6.07, 6.45) is 0. The number of nitrogens with zero attached hydrogens (tertiary/aromatic N) is 2. The minimum Gasteiger partial charge on any atom is -0.490 e. The van der Waals surface area contributed by atoms with Gasteiger partial charge in [0.1, 0.15) is 5.82 Å². The fraction of sp³-hybridized carbons (Fsp3) is 0.0909. The predicted octanol–water partition coefficient (Wildman–Crippen LogP) is 1.06. The molecule has 0 spiro atoms. The molecule has 1 aromatic heterocycles. The van der Waals surface area contributed by atoms with Crippen LogP contribution in [0.1, 0.15) is 0 Å². The van der Waals surface area contributed by atoms with Crippen LogP contribution < -0.4 is 10.3 Å². The Morgan fingerprint density at radius 2 is 2.00 bits per heavy atom. The molecule has 0 fully saturated rings. The van der Waals surface area contributed by atoms with Crippen molar-refractivity contribution < 1.29 is 14.8 Å². The van der Waals surface area contributed by atoms with Crippen molar-refractivity contribution in [3.05, 3.63) is 44.7 Å². The number of non-ortho nitro benzene ring substituents is 1. The standard InChI is InChI=1S/C11H9N3O5/c1-19-8-10(15)12-9(13-11(8)16)6-2-4-7(5-3-6)14(17)18/h2-5H,1H3,(H2,12,13,15,16). The summed E-state index contributed by atoms with van der Waals surface area (Å²) in [5.74, 6) is -0.733. The summed E-state index contributed by atoms with van der Waals surface area (Å²) < 4.78 is 4.67. The topological polar surface area (TPSA) is 118 Å². The van der Waals surface area contributed by atoms with Crippen molar-refractivity contribution in [2.24, 2.45) is 0 Å². The van der Waals surface area contributed by atoms with Crippen LogP contribution in [0.25, 0.3) is 11.4 Å². The van der Waals surface area contributed by atoms with E-state index in [1.807, 2.05) is 0 Å². The molecule has 8 nitrogen and oxygen atoms in total. The first kappa shape index (κ1) is 12.6. The fourth-order valence-corrected chi connectivity index (χ4v) is 1.51. The molecule has 8 heteroatoms. The molecule has 2 N–H and O–H groups in total. The number of benzene rings is 1. The third kappa shape index (κ3) is 2.37. The number of aromatic hydroxyl groups is 1. The third-order valence-corrected chi connectivity index (χ3v) is 2.41. The van der Waals surface area contributed by atoms with Gasteiger partial charge in [-0.25, -0.2) is 0 Å². The Morgan fingerprint density at radius 1 is 1.37 bits per heavy atom. The van der Waals surface area contributed by atoms with E-state index in [0.29, 0.717) is 5.56 Å². The van der Waals surface area contributed by atoms with Crippen molar-refractivity contribution in [2.75, 3.05) is 7.11 Å². The zero-order valence-electron chi connectivity index (χ0n) is 9.78. The van der Waals surface area contributed by atoms with Crippen LogP contribution in [0.3, 0.4) is 0 Å². The van der Waals surface area contributed by atoms with E-state index >= 15 is 0 Å². The number of aromatic amines is 1. The minimum atomic E-state index is -0.636. The van der Waals surface area contributed by atoms with Crippen LogP contribution in [0, 0.1) is 10.1 Å². The molecule has 0 bridgehead atoms. The number of nitro benzene ring substituents is 1. The van der Waals surface area contributed by atoms with Gasteiger partial charge in [0.2, 0.25) is 5.75 Å². The summed E-state index contributed by atoms with van der Waals surface area (Å²) >= 11 is 0. The zero-order valence-corrected chi connectivity index (χ0v) is 9.78. The highest BCUT2D eigenvalue weighted by molar-refractivity contribution is 5.58. The van der Waals surface area contributed by atoms with Crippen molar-refractivity contribution in [3.63, 3.8) is 0 Å². The lowest BCUT2D eigenvalue weighted by Crippen LogP contribution is -2.11. The van der Waals surface area contributed by atoms with E-state index in [2.05, 4.69) is 14.7 Å². The number of H-pyrrole nitrogens is 1. The Balaban J connectivity index is 2.48. The van der Waals surface area contributed by atoms with E-state index in [4.69, 9.17) is 0 Å². The summed E-state index contributed by atoms with van der Waals surface area (Å²) in [6.45, 7) is 0. The molecule has 1 heterocycles. The second kappa shape index (κ2) is 4.77. The molecule has 0 aliphatic rings. The first-order valence-electron chi connectivity index (χ1n) is 5.15. The average Bonchev–Trinajstić information content (AvgIpc) is 2.38. The summed E-state index contributed by atoms with van der Waals surface area (Å²) in [6, 6.07) is 5.39. The van der Waals surface area contributed by atoms with Crippen LogP contribution in [-0.4, -0.2) is 27.1 Å². The Labute approximate surface area is 106 Å². The van der Waals surface area contributed by atoms with Gasteiger partial charge in [-0.2, -0.15) is 4.98 Å². The molecule has 0 saturated heterocycles. The quantitative estimate of drug-likeness (QED) is 0.631. The number of aromatic nitrogens is 2. The van der Waals surface area contributed by atoms with Crippen molar-refractivity contribution in [2.45, 2.75) is 0 Å². The Morgan fingerprint density at radius 3 is 2.47 bits per heavy atom. The van der Waals surface area contributed by atoms with Gasteiger partial charge < -0.3 is 14.8 Å². The molecule has 0 unspecified atom stereocenters. The number of hydrogen-bond acceptors (Lipinski definition) is 6. The van der Waals surface area contributed by atoms with E-state index in [1.54, 1.807) is 0 Å². The Bertz CT molecular complexity index is 678. The van der Waals surface area contributed by atoms with E-state index in [-0.39, 0.29) is 17.3 Å². The van der Waals surface area contributed by atoms with E-state index < -0.39 is 16.4 Å². The van der Waals surface area contributed by atoms with Crippen LogP contribution in [0.15, 0.2) is 29.1 Å². The van der Waals surface area contributed by atoms with E-state index in [0.717, 1.165) is 0 Å². The number of ether oxygens (including phenoxy) is 1. The van der Waals surface area contributed by atoms with Crippen LogP contribution >= 0.6 is 0 Å². The molecule has 19 heavy (non-hydrogen) atoms. The van der Waals surface area contributed by atoms with Gasteiger partial charge in [-0.3, -0.25) is 14.9 Å². The van der Waals surface area contributed by atoms with Gasteiger partial charge >= 0.3 is 0 Å². The molecule has 1 aromatic carbocycles. The predicted molar refractivity (Wildman–Crippen MR) is 65.2 cm³/mol. The van der Waals surface area contributed by atoms with Crippen molar-refractivity contribution in [1.82, 2.24) is 9.97 Å². The molecule has 0 atom stereocenters. The molecule has 0 aliphatic heterocycles. The van der Waals surface area contributed by atoms with Gasteiger partial charge in [-0.15, -0.1) is 0 Å². The van der Waals surface area contributed by atoms with Gasteiger partial charge in [0.05, 0.1) is 12.0 Å². The molecule has 0 amide bonds. The minimum absolute atomic E-state index is 0.0798. The lowest BCUT2D eigenvalue weighted by Gasteiger charge is -2.04. The van der Waals surface area contributed by atoms with Gasteiger partial charge in [-0.05, 0) is 12.1 Å². The lowest BCUT2D eigenvalue weighted by atomic mass is 10.2. The zero-order chi connectivity index (χ0) is 14.0. The van der Waals surface area contributed by atoms with Gasteiger partial charge in [0.25, 0.3) is 17.1 Å². The molecule has 2 rings (SSSR count). The third-order valence-electron chi connectivity index (χ3n) is 2.41. The second-order valence-corrected chi connectivity index (χ2v) is 3.58. The first-order valence-corrected chi connectivity index (χ1v) is 5.15. The SMILES string of the molecule is COc1c(O)nc(-c2ccc([N+](=O)[O-])cc2)[nH]c1=O. The molecular weight excluding hydrogens is 254 g/mol. The van der Waals surface area contributed by atoms with E-state index in [1.165, 1.54) is 31.4 Å².